The second kappa shape index (κ2) is 7.56. The summed E-state index contributed by atoms with van der Waals surface area (Å²) in [7, 11) is 1.67. The SMILES string of the molecule is CC(C)c1nn(CC(=O)Nc2ccc3c(c2)[nH]c(=O)n3C)c(=O)c2ccc(Br)cc12. The molecule has 2 aromatic heterocycles. The Morgan fingerprint density at radius 3 is 2.67 bits per heavy atom. The van der Waals surface area contributed by atoms with Crippen LogP contribution in [0.2, 0.25) is 0 Å². The molecule has 1 amide bonds. The normalized spacial score (nSPS) is 11.5. The molecule has 30 heavy (non-hydrogen) atoms. The van der Waals surface area contributed by atoms with Gasteiger partial charge in [0.25, 0.3) is 5.56 Å². The van der Waals surface area contributed by atoms with Gasteiger partial charge < -0.3 is 10.3 Å². The Hall–Kier alpha value is -3.20. The lowest BCUT2D eigenvalue weighted by Crippen LogP contribution is -2.31. The number of imidazole rings is 1. The molecule has 154 valence electrons. The Kier molecular flexibility index (Phi) is 5.07. The lowest BCUT2D eigenvalue weighted by atomic mass is 10.0. The summed E-state index contributed by atoms with van der Waals surface area (Å²) in [4.78, 5) is 40.0. The van der Waals surface area contributed by atoms with E-state index in [1.54, 1.807) is 37.4 Å². The van der Waals surface area contributed by atoms with Crippen LogP contribution in [0.4, 0.5) is 5.69 Å². The number of fused-ring (bicyclic) bond motifs is 2. The number of aryl methyl sites for hydroxylation is 1. The number of nitrogens with one attached hydrogen (secondary N) is 2. The molecule has 0 aliphatic rings. The van der Waals surface area contributed by atoms with E-state index in [0.29, 0.717) is 16.6 Å². The standard InChI is InChI=1S/C21H20BrN5O3/c1-11(2)19-15-8-12(22)4-6-14(15)20(29)27(25-19)10-18(28)23-13-5-7-17-16(9-13)24-21(30)26(17)3/h4-9,11H,10H2,1-3H3,(H,23,28)(H,24,30). The van der Waals surface area contributed by atoms with Crippen molar-refractivity contribution in [1.82, 2.24) is 19.3 Å². The summed E-state index contributed by atoms with van der Waals surface area (Å²) in [5, 5.41) is 8.52. The molecule has 0 aliphatic heterocycles. The van der Waals surface area contributed by atoms with E-state index in [4.69, 9.17) is 0 Å². The Bertz CT molecular complexity index is 1410. The van der Waals surface area contributed by atoms with Crippen LogP contribution in [-0.4, -0.2) is 25.2 Å². The first-order chi connectivity index (χ1) is 14.2. The number of amides is 1. The van der Waals surface area contributed by atoms with E-state index >= 15 is 0 Å². The van der Waals surface area contributed by atoms with E-state index in [-0.39, 0.29) is 29.6 Å². The number of hydrogen-bond acceptors (Lipinski definition) is 4. The van der Waals surface area contributed by atoms with Gasteiger partial charge >= 0.3 is 5.69 Å². The number of benzene rings is 2. The summed E-state index contributed by atoms with van der Waals surface area (Å²) >= 11 is 3.43. The molecular formula is C21H20BrN5O3. The van der Waals surface area contributed by atoms with Gasteiger partial charge in [-0.1, -0.05) is 29.8 Å². The highest BCUT2D eigenvalue weighted by Crippen LogP contribution is 2.24. The van der Waals surface area contributed by atoms with Crippen molar-refractivity contribution < 1.29 is 4.79 Å². The molecule has 4 aromatic rings. The minimum Gasteiger partial charge on any atom is -0.324 e. The van der Waals surface area contributed by atoms with Crippen LogP contribution in [0.1, 0.15) is 25.5 Å². The zero-order valence-corrected chi connectivity index (χ0v) is 18.3. The first kappa shape index (κ1) is 20.1. The van der Waals surface area contributed by atoms with Gasteiger partial charge in [0, 0.05) is 22.6 Å². The molecule has 2 aromatic carbocycles. The molecule has 0 saturated heterocycles. The Labute approximate surface area is 179 Å². The lowest BCUT2D eigenvalue weighted by molar-refractivity contribution is -0.117. The zero-order chi connectivity index (χ0) is 21.6. The highest BCUT2D eigenvalue weighted by Gasteiger charge is 2.16. The second-order valence-electron chi connectivity index (χ2n) is 7.46. The minimum absolute atomic E-state index is 0.0778. The predicted molar refractivity (Wildman–Crippen MR) is 120 cm³/mol. The summed E-state index contributed by atoms with van der Waals surface area (Å²) < 4.78 is 3.55. The van der Waals surface area contributed by atoms with Gasteiger partial charge in [0.2, 0.25) is 5.91 Å². The maximum Gasteiger partial charge on any atom is 0.326 e. The summed E-state index contributed by atoms with van der Waals surface area (Å²) in [5.74, 6) is -0.303. The Balaban J connectivity index is 1.66. The van der Waals surface area contributed by atoms with E-state index in [1.165, 1.54) is 9.25 Å². The monoisotopic (exact) mass is 469 g/mol. The molecule has 2 heterocycles. The van der Waals surface area contributed by atoms with E-state index in [9.17, 15) is 14.4 Å². The molecule has 2 N–H and O–H groups in total. The van der Waals surface area contributed by atoms with Crippen molar-refractivity contribution in [3.05, 3.63) is 67.4 Å². The molecule has 4 rings (SSSR count). The Morgan fingerprint density at radius 1 is 1.17 bits per heavy atom. The summed E-state index contributed by atoms with van der Waals surface area (Å²) in [6.07, 6.45) is 0. The van der Waals surface area contributed by atoms with Gasteiger partial charge in [0.15, 0.2) is 0 Å². The van der Waals surface area contributed by atoms with Crippen LogP contribution >= 0.6 is 15.9 Å². The first-order valence-corrected chi connectivity index (χ1v) is 10.2. The van der Waals surface area contributed by atoms with Crippen LogP contribution < -0.4 is 16.6 Å². The number of nitrogens with zero attached hydrogens (tertiary/aromatic N) is 3. The largest absolute Gasteiger partial charge is 0.326 e. The number of hydrogen-bond donors (Lipinski definition) is 2. The molecule has 9 heteroatoms. The van der Waals surface area contributed by atoms with Gasteiger partial charge in [-0.2, -0.15) is 5.10 Å². The third kappa shape index (κ3) is 3.56. The van der Waals surface area contributed by atoms with Gasteiger partial charge in [0.1, 0.15) is 6.54 Å². The van der Waals surface area contributed by atoms with Crippen LogP contribution in [0.15, 0.2) is 50.5 Å². The molecule has 0 spiro atoms. The number of H-pyrrole nitrogens is 1. The van der Waals surface area contributed by atoms with E-state index in [2.05, 4.69) is 31.3 Å². The van der Waals surface area contributed by atoms with Crippen LogP contribution in [0.5, 0.6) is 0 Å². The Morgan fingerprint density at radius 2 is 1.93 bits per heavy atom. The van der Waals surface area contributed by atoms with Gasteiger partial charge in [-0.05, 0) is 42.3 Å². The van der Waals surface area contributed by atoms with Crippen LogP contribution in [-0.2, 0) is 18.4 Å². The van der Waals surface area contributed by atoms with Crippen molar-refractivity contribution in [1.29, 1.82) is 0 Å². The average molecular weight is 470 g/mol. The molecule has 0 saturated carbocycles. The fourth-order valence-electron chi connectivity index (χ4n) is 3.47. The quantitative estimate of drug-likeness (QED) is 0.479. The minimum atomic E-state index is -0.381. The van der Waals surface area contributed by atoms with Crippen molar-refractivity contribution in [2.75, 3.05) is 5.32 Å². The number of carbonyl (C=O) groups excluding carboxylic acids is 1. The predicted octanol–water partition coefficient (Wildman–Crippen LogP) is 3.10. The zero-order valence-electron chi connectivity index (χ0n) is 16.7. The van der Waals surface area contributed by atoms with E-state index in [0.717, 1.165) is 21.1 Å². The number of anilines is 1. The van der Waals surface area contributed by atoms with Crippen LogP contribution in [0, 0.1) is 0 Å². The maximum absolute atomic E-state index is 12.9. The molecule has 0 bridgehead atoms. The van der Waals surface area contributed by atoms with Crippen LogP contribution in [0.25, 0.3) is 21.8 Å². The molecule has 0 aliphatic carbocycles. The van der Waals surface area contributed by atoms with Gasteiger partial charge in [-0.3, -0.25) is 14.2 Å². The van der Waals surface area contributed by atoms with E-state index in [1.807, 2.05) is 19.9 Å². The summed E-state index contributed by atoms with van der Waals surface area (Å²) in [6.45, 7) is 3.77. The molecule has 0 radical (unpaired) electrons. The highest BCUT2D eigenvalue weighted by atomic mass is 79.9. The molecule has 0 fully saturated rings. The number of aromatic amines is 1. The highest BCUT2D eigenvalue weighted by molar-refractivity contribution is 9.10. The average Bonchev–Trinajstić information content (AvgIpc) is 2.97. The number of carbonyl (C=O) groups is 1. The molecular weight excluding hydrogens is 450 g/mol. The topological polar surface area (TPSA) is 102 Å². The molecule has 0 atom stereocenters. The van der Waals surface area contributed by atoms with Crippen molar-refractivity contribution >= 4 is 49.3 Å². The fourth-order valence-corrected chi connectivity index (χ4v) is 3.83. The van der Waals surface area contributed by atoms with Gasteiger partial charge in [-0.15, -0.1) is 0 Å². The molecule has 8 nitrogen and oxygen atoms in total. The lowest BCUT2D eigenvalue weighted by Gasteiger charge is -2.13. The number of aromatic nitrogens is 4. The fraction of sp³-hybridized carbons (Fsp3) is 0.238. The molecule has 0 unspecified atom stereocenters. The third-order valence-corrected chi connectivity index (χ3v) is 5.47. The van der Waals surface area contributed by atoms with Crippen molar-refractivity contribution in [2.24, 2.45) is 7.05 Å². The van der Waals surface area contributed by atoms with E-state index < -0.39 is 0 Å². The van der Waals surface area contributed by atoms with Gasteiger partial charge in [-0.25, -0.2) is 9.48 Å². The maximum atomic E-state index is 12.9. The van der Waals surface area contributed by atoms with Crippen molar-refractivity contribution in [3.63, 3.8) is 0 Å². The summed E-state index contributed by atoms with van der Waals surface area (Å²) in [5.41, 5.74) is 2.08. The third-order valence-electron chi connectivity index (χ3n) is 4.98. The summed E-state index contributed by atoms with van der Waals surface area (Å²) in [6, 6.07) is 10.6. The number of rotatable bonds is 4. The smallest absolute Gasteiger partial charge is 0.324 e. The first-order valence-electron chi connectivity index (χ1n) is 9.43. The van der Waals surface area contributed by atoms with Crippen molar-refractivity contribution in [2.45, 2.75) is 26.3 Å². The second-order valence-corrected chi connectivity index (χ2v) is 8.38. The van der Waals surface area contributed by atoms with Crippen LogP contribution in [0.3, 0.4) is 0 Å². The van der Waals surface area contributed by atoms with Crippen molar-refractivity contribution in [3.8, 4) is 0 Å². The number of halogens is 1. The van der Waals surface area contributed by atoms with Gasteiger partial charge in [0.05, 0.1) is 22.1 Å².